The summed E-state index contributed by atoms with van der Waals surface area (Å²) in [7, 11) is 1.71. The number of fused-ring (bicyclic) bond motifs is 1. The van der Waals surface area contributed by atoms with Crippen molar-refractivity contribution in [2.24, 2.45) is 0 Å². The fourth-order valence-electron chi connectivity index (χ4n) is 4.20. The molecule has 2 unspecified atom stereocenters. The molecule has 2 atom stereocenters. The molecule has 4 rings (SSSR count). The van der Waals surface area contributed by atoms with Crippen LogP contribution < -0.4 is 5.32 Å². The number of nitrogens with one attached hydrogen (secondary N) is 1. The van der Waals surface area contributed by atoms with Crippen molar-refractivity contribution >= 4 is 39.0 Å². The van der Waals surface area contributed by atoms with Crippen molar-refractivity contribution < 1.29 is 18.0 Å². The van der Waals surface area contributed by atoms with Gasteiger partial charge in [-0.3, -0.25) is 4.79 Å². The molecule has 29 heavy (non-hydrogen) atoms. The maximum Gasteiger partial charge on any atom is 0.410 e. The van der Waals surface area contributed by atoms with Crippen LogP contribution >= 0.6 is 27.3 Å². The van der Waals surface area contributed by atoms with E-state index in [-0.39, 0.29) is 29.9 Å². The molecule has 1 saturated carbocycles. The third-order valence-corrected chi connectivity index (χ3v) is 7.56. The normalized spacial score (nSPS) is 22.8. The average Bonchev–Trinajstić information content (AvgIpc) is 3.35. The number of alkyl halides is 3. The zero-order chi connectivity index (χ0) is 20.8. The van der Waals surface area contributed by atoms with Crippen molar-refractivity contribution in [3.05, 3.63) is 32.6 Å². The molecule has 5 nitrogen and oxygen atoms in total. The molecule has 0 bridgehead atoms. The second-order valence-electron chi connectivity index (χ2n) is 7.67. The number of thiophene rings is 1. The molecule has 1 aliphatic carbocycles. The molecule has 2 aromatic heterocycles. The minimum absolute atomic E-state index is 0.0293. The van der Waals surface area contributed by atoms with Gasteiger partial charge in [-0.1, -0.05) is 25.3 Å². The number of anilines is 1. The van der Waals surface area contributed by atoms with Gasteiger partial charge in [-0.15, -0.1) is 11.3 Å². The summed E-state index contributed by atoms with van der Waals surface area (Å²) in [6.45, 7) is 0. The summed E-state index contributed by atoms with van der Waals surface area (Å²) in [5, 5.41) is 9.13. The standard InChI is InChI=1S/C19H22BrF3N4OS/c1-26(11-6-3-2-4-7-11)18(28)16-15(20)17-24-12(13-8-5-9-29-13)10-14(19(21,22)23)27(17)25-16/h5,8-9,11-12,14,24H,2-4,6-7,10H2,1H3. The van der Waals surface area contributed by atoms with Gasteiger partial charge in [-0.2, -0.15) is 18.3 Å². The Morgan fingerprint density at radius 2 is 2.07 bits per heavy atom. The third kappa shape index (κ3) is 3.93. The fraction of sp³-hybridized carbons (Fsp3) is 0.579. The number of carbonyl (C=O) groups is 1. The molecular weight excluding hydrogens is 469 g/mol. The quantitative estimate of drug-likeness (QED) is 0.593. The van der Waals surface area contributed by atoms with E-state index >= 15 is 0 Å². The summed E-state index contributed by atoms with van der Waals surface area (Å²) in [5.41, 5.74) is 0.0293. The second kappa shape index (κ2) is 7.94. The predicted octanol–water partition coefficient (Wildman–Crippen LogP) is 5.77. The Labute approximate surface area is 179 Å². The van der Waals surface area contributed by atoms with Crippen LogP contribution in [0.15, 0.2) is 22.0 Å². The van der Waals surface area contributed by atoms with Gasteiger partial charge in [0.1, 0.15) is 5.82 Å². The lowest BCUT2D eigenvalue weighted by atomic mass is 9.94. The number of nitrogens with zero attached hydrogens (tertiary/aromatic N) is 3. The van der Waals surface area contributed by atoms with E-state index in [1.54, 1.807) is 11.9 Å². The maximum atomic E-state index is 13.8. The van der Waals surface area contributed by atoms with Gasteiger partial charge in [-0.05, 0) is 40.2 Å². The Kier molecular flexibility index (Phi) is 5.67. The van der Waals surface area contributed by atoms with Gasteiger partial charge < -0.3 is 10.2 Å². The Morgan fingerprint density at radius 3 is 2.69 bits per heavy atom. The molecule has 1 N–H and O–H groups in total. The highest BCUT2D eigenvalue weighted by atomic mass is 79.9. The highest BCUT2D eigenvalue weighted by Gasteiger charge is 2.48. The molecule has 10 heteroatoms. The van der Waals surface area contributed by atoms with E-state index in [1.165, 1.54) is 11.3 Å². The number of carbonyl (C=O) groups excluding carboxylic acids is 1. The first-order valence-electron chi connectivity index (χ1n) is 9.69. The van der Waals surface area contributed by atoms with Crippen LogP contribution in [0.1, 0.15) is 66.0 Å². The van der Waals surface area contributed by atoms with Gasteiger partial charge in [-0.25, -0.2) is 4.68 Å². The summed E-state index contributed by atoms with van der Waals surface area (Å²) in [6, 6.07) is 1.47. The first-order valence-corrected chi connectivity index (χ1v) is 11.4. The van der Waals surface area contributed by atoms with Crippen LogP contribution in [0, 0.1) is 0 Å². The van der Waals surface area contributed by atoms with Crippen LogP contribution in [-0.4, -0.2) is 39.9 Å². The number of amides is 1. The summed E-state index contributed by atoms with van der Waals surface area (Å²) in [4.78, 5) is 15.5. The molecule has 0 saturated heterocycles. The molecule has 0 radical (unpaired) electrons. The Bertz CT molecular complexity index is 877. The fourth-order valence-corrected chi connectivity index (χ4v) is 5.54. The summed E-state index contributed by atoms with van der Waals surface area (Å²) >= 11 is 4.77. The first-order chi connectivity index (χ1) is 13.8. The van der Waals surface area contributed by atoms with Crippen molar-refractivity contribution in [2.75, 3.05) is 12.4 Å². The lowest BCUT2D eigenvalue weighted by molar-refractivity contribution is -0.173. The van der Waals surface area contributed by atoms with E-state index in [4.69, 9.17) is 0 Å². The second-order valence-corrected chi connectivity index (χ2v) is 9.44. The van der Waals surface area contributed by atoms with Gasteiger partial charge in [0, 0.05) is 24.4 Å². The smallest absolute Gasteiger partial charge is 0.362 e. The Hall–Kier alpha value is -1.55. The topological polar surface area (TPSA) is 50.2 Å². The minimum Gasteiger partial charge on any atom is -0.362 e. The van der Waals surface area contributed by atoms with Crippen LogP contribution in [0.3, 0.4) is 0 Å². The third-order valence-electron chi connectivity index (χ3n) is 5.83. The molecule has 0 spiro atoms. The van der Waals surface area contributed by atoms with E-state index < -0.39 is 18.3 Å². The van der Waals surface area contributed by atoms with E-state index in [1.807, 2.05) is 17.5 Å². The zero-order valence-electron chi connectivity index (χ0n) is 15.9. The van der Waals surface area contributed by atoms with Gasteiger partial charge >= 0.3 is 6.18 Å². The highest BCUT2D eigenvalue weighted by Crippen LogP contribution is 2.47. The number of hydrogen-bond donors (Lipinski definition) is 1. The molecule has 3 heterocycles. The van der Waals surface area contributed by atoms with E-state index in [2.05, 4.69) is 26.3 Å². The maximum absolute atomic E-state index is 13.8. The van der Waals surface area contributed by atoms with Gasteiger partial charge in [0.25, 0.3) is 5.91 Å². The molecule has 2 aliphatic rings. The molecular formula is C19H22BrF3N4OS. The lowest BCUT2D eigenvalue weighted by Crippen LogP contribution is -2.39. The Morgan fingerprint density at radius 1 is 1.34 bits per heavy atom. The highest BCUT2D eigenvalue weighted by molar-refractivity contribution is 9.10. The van der Waals surface area contributed by atoms with Gasteiger partial charge in [0.2, 0.25) is 0 Å². The predicted molar refractivity (Wildman–Crippen MR) is 109 cm³/mol. The first kappa shape index (κ1) is 20.7. The van der Waals surface area contributed by atoms with Gasteiger partial charge in [0.05, 0.1) is 10.5 Å². The molecule has 1 aliphatic heterocycles. The van der Waals surface area contributed by atoms with Crippen LogP contribution in [0.4, 0.5) is 19.0 Å². The van der Waals surface area contributed by atoms with Crippen molar-refractivity contribution in [1.29, 1.82) is 0 Å². The number of aromatic nitrogens is 2. The zero-order valence-corrected chi connectivity index (χ0v) is 18.3. The molecule has 2 aromatic rings. The van der Waals surface area contributed by atoms with Crippen molar-refractivity contribution in [2.45, 2.75) is 62.8 Å². The largest absolute Gasteiger partial charge is 0.410 e. The molecule has 1 amide bonds. The monoisotopic (exact) mass is 490 g/mol. The summed E-state index contributed by atoms with van der Waals surface area (Å²) in [5.74, 6) is -0.140. The van der Waals surface area contributed by atoms with Crippen molar-refractivity contribution in [3.8, 4) is 0 Å². The minimum atomic E-state index is -4.46. The number of rotatable bonds is 3. The number of hydrogen-bond acceptors (Lipinski definition) is 4. The average molecular weight is 491 g/mol. The van der Waals surface area contributed by atoms with Crippen LogP contribution in [0.25, 0.3) is 0 Å². The van der Waals surface area contributed by atoms with Crippen LogP contribution in [0.2, 0.25) is 0 Å². The molecule has 0 aromatic carbocycles. The molecule has 158 valence electrons. The summed E-state index contributed by atoms with van der Waals surface area (Å²) in [6.07, 6.45) is 0.466. The SMILES string of the molecule is CN(C(=O)c1nn2c(c1Br)NC(c1cccs1)CC2C(F)(F)F)C1CCCCC1. The van der Waals surface area contributed by atoms with Crippen LogP contribution in [-0.2, 0) is 0 Å². The van der Waals surface area contributed by atoms with E-state index in [0.717, 1.165) is 41.7 Å². The van der Waals surface area contributed by atoms with Crippen molar-refractivity contribution in [3.63, 3.8) is 0 Å². The van der Waals surface area contributed by atoms with E-state index in [9.17, 15) is 18.0 Å². The van der Waals surface area contributed by atoms with Gasteiger partial charge in [0.15, 0.2) is 11.7 Å². The summed E-state index contributed by atoms with van der Waals surface area (Å²) < 4.78 is 42.7. The van der Waals surface area contributed by atoms with Crippen LogP contribution in [0.5, 0.6) is 0 Å². The Balaban J connectivity index is 1.68. The molecule has 1 fully saturated rings. The van der Waals surface area contributed by atoms with E-state index in [0.29, 0.717) is 4.47 Å². The van der Waals surface area contributed by atoms with Crippen molar-refractivity contribution in [1.82, 2.24) is 14.7 Å². The number of halogens is 4. The lowest BCUT2D eigenvalue weighted by Gasteiger charge is -2.33.